The summed E-state index contributed by atoms with van der Waals surface area (Å²) in [5.41, 5.74) is 4.23. The maximum absolute atomic E-state index is 10.7. The molecule has 0 fully saturated rings. The van der Waals surface area contributed by atoms with Crippen LogP contribution in [0.5, 0.6) is 17.2 Å². The Morgan fingerprint density at radius 1 is 0.929 bits per heavy atom. The van der Waals surface area contributed by atoms with Crippen LogP contribution in [0.25, 0.3) is 0 Å². The van der Waals surface area contributed by atoms with Gasteiger partial charge in [0.2, 0.25) is 0 Å². The molecule has 0 aliphatic carbocycles. The van der Waals surface area contributed by atoms with Crippen molar-refractivity contribution in [3.63, 3.8) is 0 Å². The molecule has 0 amide bonds. The van der Waals surface area contributed by atoms with Crippen molar-refractivity contribution in [2.45, 2.75) is 33.3 Å². The minimum absolute atomic E-state index is 0.128. The Balaban J connectivity index is 1.66. The second-order valence-corrected chi connectivity index (χ2v) is 6.81. The Labute approximate surface area is 165 Å². The van der Waals surface area contributed by atoms with Gasteiger partial charge in [0.05, 0.1) is 0 Å². The number of carbonyl (C=O) groups is 1. The SMILES string of the molecule is Cc1ccc(Oc2ccccc2COc2ccc(CCC(=O)O)cc2)c(C)c1. The topological polar surface area (TPSA) is 55.8 Å². The highest BCUT2D eigenvalue weighted by atomic mass is 16.5. The van der Waals surface area contributed by atoms with Crippen LogP contribution in [0.4, 0.5) is 0 Å². The van der Waals surface area contributed by atoms with Gasteiger partial charge in [0.15, 0.2) is 0 Å². The average molecular weight is 376 g/mol. The number of ether oxygens (including phenoxy) is 2. The van der Waals surface area contributed by atoms with Crippen molar-refractivity contribution in [2.75, 3.05) is 0 Å². The lowest BCUT2D eigenvalue weighted by Gasteiger charge is -2.14. The van der Waals surface area contributed by atoms with Crippen molar-refractivity contribution >= 4 is 5.97 Å². The van der Waals surface area contributed by atoms with Crippen molar-refractivity contribution in [3.8, 4) is 17.2 Å². The van der Waals surface area contributed by atoms with E-state index in [1.54, 1.807) is 0 Å². The van der Waals surface area contributed by atoms with E-state index in [1.807, 2.05) is 67.6 Å². The summed E-state index contributed by atoms with van der Waals surface area (Å²) < 4.78 is 12.0. The molecule has 0 spiro atoms. The summed E-state index contributed by atoms with van der Waals surface area (Å²) in [4.78, 5) is 10.7. The van der Waals surface area contributed by atoms with E-state index >= 15 is 0 Å². The zero-order valence-electron chi connectivity index (χ0n) is 16.1. The van der Waals surface area contributed by atoms with Gasteiger partial charge in [0.1, 0.15) is 23.9 Å². The first-order chi connectivity index (χ1) is 13.5. The summed E-state index contributed by atoms with van der Waals surface area (Å²) in [6.45, 7) is 4.48. The van der Waals surface area contributed by atoms with Crippen LogP contribution in [-0.4, -0.2) is 11.1 Å². The highest BCUT2D eigenvalue weighted by Crippen LogP contribution is 2.29. The third-order valence-corrected chi connectivity index (χ3v) is 4.47. The van der Waals surface area contributed by atoms with Gasteiger partial charge in [0.25, 0.3) is 0 Å². The Kier molecular flexibility index (Phi) is 6.33. The van der Waals surface area contributed by atoms with E-state index in [4.69, 9.17) is 14.6 Å². The van der Waals surface area contributed by atoms with E-state index in [2.05, 4.69) is 13.0 Å². The summed E-state index contributed by atoms with van der Waals surface area (Å²) in [5, 5.41) is 8.77. The van der Waals surface area contributed by atoms with Crippen LogP contribution in [0.2, 0.25) is 0 Å². The zero-order valence-corrected chi connectivity index (χ0v) is 16.1. The van der Waals surface area contributed by atoms with Crippen LogP contribution < -0.4 is 9.47 Å². The van der Waals surface area contributed by atoms with Gasteiger partial charge >= 0.3 is 5.97 Å². The van der Waals surface area contributed by atoms with Gasteiger partial charge in [-0.05, 0) is 55.7 Å². The lowest BCUT2D eigenvalue weighted by Crippen LogP contribution is -2.00. The first-order valence-electron chi connectivity index (χ1n) is 9.28. The predicted octanol–water partition coefficient (Wildman–Crippen LogP) is 5.69. The number of hydrogen-bond acceptors (Lipinski definition) is 3. The molecule has 28 heavy (non-hydrogen) atoms. The molecule has 144 valence electrons. The van der Waals surface area contributed by atoms with Crippen molar-refractivity contribution in [1.29, 1.82) is 0 Å². The fourth-order valence-electron chi connectivity index (χ4n) is 2.92. The van der Waals surface area contributed by atoms with Gasteiger partial charge in [-0.2, -0.15) is 0 Å². The smallest absolute Gasteiger partial charge is 0.303 e. The Morgan fingerprint density at radius 3 is 2.39 bits per heavy atom. The molecule has 1 N–H and O–H groups in total. The number of hydrogen-bond donors (Lipinski definition) is 1. The largest absolute Gasteiger partial charge is 0.489 e. The van der Waals surface area contributed by atoms with E-state index < -0.39 is 5.97 Å². The molecule has 0 aliphatic rings. The van der Waals surface area contributed by atoms with Crippen LogP contribution in [0, 0.1) is 13.8 Å². The summed E-state index contributed by atoms with van der Waals surface area (Å²) in [5.74, 6) is 1.55. The molecule has 4 nitrogen and oxygen atoms in total. The molecule has 0 bridgehead atoms. The molecule has 4 heteroatoms. The molecule has 0 saturated heterocycles. The lowest BCUT2D eigenvalue weighted by molar-refractivity contribution is -0.136. The van der Waals surface area contributed by atoms with Crippen molar-refractivity contribution in [1.82, 2.24) is 0 Å². The Morgan fingerprint density at radius 2 is 1.68 bits per heavy atom. The number of rotatable bonds is 8. The molecule has 0 atom stereocenters. The zero-order chi connectivity index (χ0) is 19.9. The highest BCUT2D eigenvalue weighted by molar-refractivity contribution is 5.67. The molecule has 3 rings (SSSR count). The second kappa shape index (κ2) is 9.09. The molecule has 0 heterocycles. The normalized spacial score (nSPS) is 10.5. The number of carboxylic acid groups (broad SMARTS) is 1. The molecule has 3 aromatic carbocycles. The van der Waals surface area contributed by atoms with Crippen LogP contribution in [-0.2, 0) is 17.8 Å². The maximum atomic E-state index is 10.7. The van der Waals surface area contributed by atoms with E-state index in [0.29, 0.717) is 13.0 Å². The maximum Gasteiger partial charge on any atom is 0.303 e. The van der Waals surface area contributed by atoms with Gasteiger partial charge in [-0.3, -0.25) is 4.79 Å². The Hall–Kier alpha value is -3.27. The number of benzene rings is 3. The molecular formula is C24H24O4. The van der Waals surface area contributed by atoms with Gasteiger partial charge in [-0.25, -0.2) is 0 Å². The quantitative estimate of drug-likeness (QED) is 0.548. The highest BCUT2D eigenvalue weighted by Gasteiger charge is 2.08. The van der Waals surface area contributed by atoms with Crippen molar-refractivity contribution in [2.24, 2.45) is 0 Å². The third kappa shape index (κ3) is 5.36. The number of aryl methyl sites for hydroxylation is 3. The van der Waals surface area contributed by atoms with E-state index in [9.17, 15) is 4.79 Å². The monoisotopic (exact) mass is 376 g/mol. The standard InChI is InChI=1S/C24H24O4/c1-17-7-13-22(18(2)15-17)28-23-6-4-3-5-20(23)16-27-21-11-8-19(9-12-21)10-14-24(25)26/h3-9,11-13,15H,10,14,16H2,1-2H3,(H,25,26). The summed E-state index contributed by atoms with van der Waals surface area (Å²) in [6, 6.07) is 21.5. The van der Waals surface area contributed by atoms with Crippen molar-refractivity contribution < 1.29 is 19.4 Å². The number of para-hydroxylation sites is 1. The molecular weight excluding hydrogens is 352 g/mol. The molecule has 0 saturated carbocycles. The molecule has 3 aromatic rings. The summed E-state index contributed by atoms with van der Waals surface area (Å²) in [6.07, 6.45) is 0.644. The van der Waals surface area contributed by atoms with Crippen LogP contribution in [0.1, 0.15) is 28.7 Å². The van der Waals surface area contributed by atoms with Crippen molar-refractivity contribution in [3.05, 3.63) is 89.0 Å². The van der Waals surface area contributed by atoms with Gasteiger partial charge in [-0.1, -0.05) is 48.0 Å². The number of aliphatic carboxylic acids is 1. The van der Waals surface area contributed by atoms with Gasteiger partial charge in [-0.15, -0.1) is 0 Å². The fraction of sp³-hybridized carbons (Fsp3) is 0.208. The average Bonchev–Trinajstić information content (AvgIpc) is 2.68. The lowest BCUT2D eigenvalue weighted by atomic mass is 10.1. The van der Waals surface area contributed by atoms with E-state index in [0.717, 1.165) is 33.9 Å². The van der Waals surface area contributed by atoms with Gasteiger partial charge in [0, 0.05) is 12.0 Å². The molecule has 0 aromatic heterocycles. The first-order valence-corrected chi connectivity index (χ1v) is 9.28. The second-order valence-electron chi connectivity index (χ2n) is 6.81. The molecule has 0 unspecified atom stereocenters. The molecule has 0 radical (unpaired) electrons. The minimum atomic E-state index is -0.791. The van der Waals surface area contributed by atoms with Crippen LogP contribution in [0.15, 0.2) is 66.7 Å². The third-order valence-electron chi connectivity index (χ3n) is 4.47. The Bertz CT molecular complexity index is 945. The number of carboxylic acids is 1. The minimum Gasteiger partial charge on any atom is -0.489 e. The fourth-order valence-corrected chi connectivity index (χ4v) is 2.92. The summed E-state index contributed by atoms with van der Waals surface area (Å²) in [7, 11) is 0. The predicted molar refractivity (Wildman–Crippen MR) is 109 cm³/mol. The van der Waals surface area contributed by atoms with Crippen LogP contribution in [0.3, 0.4) is 0 Å². The summed E-state index contributed by atoms with van der Waals surface area (Å²) >= 11 is 0. The van der Waals surface area contributed by atoms with E-state index in [-0.39, 0.29) is 6.42 Å². The van der Waals surface area contributed by atoms with Gasteiger partial charge < -0.3 is 14.6 Å². The van der Waals surface area contributed by atoms with E-state index in [1.165, 1.54) is 5.56 Å². The molecule has 0 aliphatic heterocycles. The first kappa shape index (κ1) is 19.5. The van der Waals surface area contributed by atoms with Crippen LogP contribution >= 0.6 is 0 Å².